The van der Waals surface area contributed by atoms with Crippen molar-refractivity contribution in [3.63, 3.8) is 0 Å². The minimum Gasteiger partial charge on any atom is -0.310 e. The van der Waals surface area contributed by atoms with E-state index in [1.54, 1.807) is 0 Å². The molecule has 54 heavy (non-hydrogen) atoms. The van der Waals surface area contributed by atoms with Gasteiger partial charge in [0.1, 0.15) is 0 Å². The Labute approximate surface area is 315 Å². The zero-order valence-corrected chi connectivity index (χ0v) is 29.7. The number of fused-ring (bicyclic) bond motifs is 5. The van der Waals surface area contributed by atoms with Crippen LogP contribution in [0.3, 0.4) is 0 Å². The molecule has 0 aliphatic heterocycles. The Morgan fingerprint density at radius 3 is 1.57 bits per heavy atom. The molecule has 0 unspecified atom stereocenters. The molecule has 10 aromatic rings. The second-order valence-electron chi connectivity index (χ2n) is 13.8. The highest BCUT2D eigenvalue weighted by atomic mass is 15.1. The van der Waals surface area contributed by atoms with Crippen molar-refractivity contribution in [2.75, 3.05) is 4.90 Å². The minimum atomic E-state index is 1.10. The number of nitrogens with zero attached hydrogens (tertiary/aromatic N) is 2. The van der Waals surface area contributed by atoms with Crippen LogP contribution in [0.4, 0.5) is 17.1 Å². The first kappa shape index (κ1) is 31.6. The van der Waals surface area contributed by atoms with Crippen molar-refractivity contribution in [3.05, 3.63) is 218 Å². The first-order chi connectivity index (χ1) is 26.8. The van der Waals surface area contributed by atoms with Crippen molar-refractivity contribution in [1.82, 2.24) is 4.57 Å². The van der Waals surface area contributed by atoms with Crippen LogP contribution in [0.15, 0.2) is 218 Å². The van der Waals surface area contributed by atoms with Crippen LogP contribution >= 0.6 is 0 Å². The SMILES string of the molecule is c1ccc(-c2ccc(N(c3ccc(-c4ccc5c6c7ccccc7ccc6n(-c6ccccc6)c5c4)cc3)c3ccccc3-c3ccccc3)cc2)cc1. The van der Waals surface area contributed by atoms with E-state index in [1.807, 2.05) is 0 Å². The molecule has 0 spiro atoms. The molecule has 10 rings (SSSR count). The van der Waals surface area contributed by atoms with Crippen LogP contribution in [0.1, 0.15) is 0 Å². The number of hydrogen-bond acceptors (Lipinski definition) is 1. The third-order valence-corrected chi connectivity index (χ3v) is 10.6. The zero-order valence-electron chi connectivity index (χ0n) is 29.7. The molecule has 1 aromatic heterocycles. The summed E-state index contributed by atoms with van der Waals surface area (Å²) in [5.74, 6) is 0. The van der Waals surface area contributed by atoms with Crippen LogP contribution in [-0.4, -0.2) is 4.57 Å². The average molecular weight is 689 g/mol. The van der Waals surface area contributed by atoms with Crippen molar-refractivity contribution in [1.29, 1.82) is 0 Å². The van der Waals surface area contributed by atoms with Gasteiger partial charge in [-0.2, -0.15) is 0 Å². The van der Waals surface area contributed by atoms with Crippen LogP contribution in [0, 0.1) is 0 Å². The zero-order chi connectivity index (χ0) is 35.8. The van der Waals surface area contributed by atoms with Crippen molar-refractivity contribution in [2.24, 2.45) is 0 Å². The summed E-state index contributed by atoms with van der Waals surface area (Å²) in [4.78, 5) is 2.38. The highest BCUT2D eigenvalue weighted by Crippen LogP contribution is 2.43. The Hall–Kier alpha value is -7.16. The Morgan fingerprint density at radius 2 is 0.870 bits per heavy atom. The first-order valence-electron chi connectivity index (χ1n) is 18.5. The number of hydrogen-bond donors (Lipinski definition) is 0. The predicted octanol–water partition coefficient (Wildman–Crippen LogP) is 14.4. The fourth-order valence-electron chi connectivity index (χ4n) is 8.02. The maximum atomic E-state index is 2.41. The molecule has 0 amide bonds. The Balaban J connectivity index is 1.10. The van der Waals surface area contributed by atoms with Gasteiger partial charge in [0.25, 0.3) is 0 Å². The molecule has 0 aliphatic carbocycles. The van der Waals surface area contributed by atoms with Crippen LogP contribution in [-0.2, 0) is 0 Å². The number of benzene rings is 9. The van der Waals surface area contributed by atoms with Crippen LogP contribution in [0.5, 0.6) is 0 Å². The van der Waals surface area contributed by atoms with Crippen LogP contribution < -0.4 is 4.90 Å². The Bertz CT molecular complexity index is 2890. The lowest BCUT2D eigenvalue weighted by Crippen LogP contribution is -2.11. The summed E-state index contributed by atoms with van der Waals surface area (Å²) in [5, 5.41) is 5.08. The Kier molecular flexibility index (Phi) is 7.85. The number of rotatable bonds is 7. The predicted molar refractivity (Wildman–Crippen MR) is 229 cm³/mol. The maximum Gasteiger partial charge on any atom is 0.0547 e. The normalized spacial score (nSPS) is 11.3. The lowest BCUT2D eigenvalue weighted by Gasteiger charge is -2.28. The molecule has 0 saturated carbocycles. The summed E-state index contributed by atoms with van der Waals surface area (Å²) < 4.78 is 2.41. The van der Waals surface area contributed by atoms with Crippen LogP contribution in [0.25, 0.3) is 71.6 Å². The fourth-order valence-corrected chi connectivity index (χ4v) is 8.02. The van der Waals surface area contributed by atoms with E-state index in [1.165, 1.54) is 66.0 Å². The van der Waals surface area contributed by atoms with Crippen molar-refractivity contribution in [3.8, 4) is 39.1 Å². The van der Waals surface area contributed by atoms with Gasteiger partial charge in [-0.1, -0.05) is 164 Å². The van der Waals surface area contributed by atoms with Gasteiger partial charge in [0.2, 0.25) is 0 Å². The molecular weight excluding hydrogens is 653 g/mol. The molecule has 0 saturated heterocycles. The summed E-state index contributed by atoms with van der Waals surface area (Å²) >= 11 is 0. The van der Waals surface area contributed by atoms with E-state index >= 15 is 0 Å². The van der Waals surface area contributed by atoms with Gasteiger partial charge in [0.15, 0.2) is 0 Å². The summed E-state index contributed by atoms with van der Waals surface area (Å²) in [5.41, 5.74) is 14.0. The summed E-state index contributed by atoms with van der Waals surface area (Å²) in [6.07, 6.45) is 0. The van der Waals surface area contributed by atoms with Crippen LogP contribution in [0.2, 0.25) is 0 Å². The first-order valence-corrected chi connectivity index (χ1v) is 18.5. The van der Waals surface area contributed by atoms with Gasteiger partial charge < -0.3 is 9.47 Å². The van der Waals surface area contributed by atoms with Gasteiger partial charge >= 0.3 is 0 Å². The van der Waals surface area contributed by atoms with Crippen molar-refractivity contribution < 1.29 is 0 Å². The van der Waals surface area contributed by atoms with Crippen molar-refractivity contribution in [2.45, 2.75) is 0 Å². The molecule has 254 valence electrons. The van der Waals surface area contributed by atoms with Gasteiger partial charge in [-0.3, -0.25) is 0 Å². The molecule has 9 aromatic carbocycles. The topological polar surface area (TPSA) is 8.17 Å². The third kappa shape index (κ3) is 5.53. The lowest BCUT2D eigenvalue weighted by molar-refractivity contribution is 1.18. The fraction of sp³-hybridized carbons (Fsp3) is 0. The summed E-state index contributed by atoms with van der Waals surface area (Å²) in [6, 6.07) is 78.8. The summed E-state index contributed by atoms with van der Waals surface area (Å²) in [6.45, 7) is 0. The van der Waals surface area contributed by atoms with Gasteiger partial charge in [-0.15, -0.1) is 0 Å². The van der Waals surface area contributed by atoms with Gasteiger partial charge in [-0.05, 0) is 93.2 Å². The third-order valence-electron chi connectivity index (χ3n) is 10.6. The standard InChI is InChI=1S/C52H36N2/c1-4-14-37(15-5-1)38-24-30-44(31-25-38)53(49-23-13-12-21-46(49)40-16-6-2-7-17-40)45-32-26-39(27-33-45)42-28-34-48-51(36-42)54(43-19-8-3-9-20-43)50-35-29-41-18-10-11-22-47(41)52(48)50/h1-36H. The van der Waals surface area contributed by atoms with E-state index < -0.39 is 0 Å². The van der Waals surface area contributed by atoms with E-state index in [4.69, 9.17) is 0 Å². The maximum absolute atomic E-state index is 2.41. The molecule has 2 heteroatoms. The van der Waals surface area contributed by atoms with Gasteiger partial charge in [0.05, 0.1) is 16.7 Å². The molecule has 0 atom stereocenters. The molecule has 0 N–H and O–H groups in total. The molecule has 0 aliphatic rings. The molecular formula is C52H36N2. The second kappa shape index (κ2) is 13.4. The minimum absolute atomic E-state index is 1.10. The quantitative estimate of drug-likeness (QED) is 0.162. The summed E-state index contributed by atoms with van der Waals surface area (Å²) in [7, 11) is 0. The number of para-hydroxylation sites is 2. The highest BCUT2D eigenvalue weighted by molar-refractivity contribution is 6.21. The van der Waals surface area contributed by atoms with E-state index in [-0.39, 0.29) is 0 Å². The van der Waals surface area contributed by atoms with Crippen molar-refractivity contribution >= 4 is 49.6 Å². The van der Waals surface area contributed by atoms with E-state index in [0.717, 1.165) is 22.7 Å². The molecule has 1 heterocycles. The highest BCUT2D eigenvalue weighted by Gasteiger charge is 2.19. The van der Waals surface area contributed by atoms with Gasteiger partial charge in [-0.25, -0.2) is 0 Å². The number of aromatic nitrogens is 1. The van der Waals surface area contributed by atoms with Gasteiger partial charge in [0, 0.05) is 33.4 Å². The van der Waals surface area contributed by atoms with E-state index in [9.17, 15) is 0 Å². The number of anilines is 3. The molecule has 0 fully saturated rings. The van der Waals surface area contributed by atoms with E-state index in [2.05, 4.69) is 228 Å². The second-order valence-corrected chi connectivity index (χ2v) is 13.8. The molecule has 0 radical (unpaired) electrons. The average Bonchev–Trinajstić information content (AvgIpc) is 3.60. The Morgan fingerprint density at radius 1 is 0.333 bits per heavy atom. The monoisotopic (exact) mass is 688 g/mol. The molecule has 0 bridgehead atoms. The largest absolute Gasteiger partial charge is 0.310 e. The van der Waals surface area contributed by atoms with E-state index in [0.29, 0.717) is 0 Å². The lowest BCUT2D eigenvalue weighted by atomic mass is 9.99. The molecule has 2 nitrogen and oxygen atoms in total. The smallest absolute Gasteiger partial charge is 0.0547 e.